The number of hydrogen-bond acceptors (Lipinski definition) is 4. The Hall–Kier alpha value is -1.39. The zero-order valence-electron chi connectivity index (χ0n) is 11.8. The van der Waals surface area contributed by atoms with Crippen molar-refractivity contribution in [1.82, 2.24) is 10.3 Å². The topological polar surface area (TPSA) is 28.2 Å². The van der Waals surface area contributed by atoms with Crippen LogP contribution in [-0.2, 0) is 6.54 Å². The molecule has 4 heteroatoms. The van der Waals surface area contributed by atoms with Crippen molar-refractivity contribution < 1.29 is 0 Å². The third-order valence-corrected chi connectivity index (χ3v) is 3.97. The largest absolute Gasteiger partial charge is 0.318 e. The molecule has 3 nitrogen and oxygen atoms in total. The van der Waals surface area contributed by atoms with Crippen molar-refractivity contribution in [2.75, 3.05) is 18.0 Å². The van der Waals surface area contributed by atoms with Crippen LogP contribution in [0.4, 0.5) is 10.8 Å². The highest BCUT2D eigenvalue weighted by Crippen LogP contribution is 2.29. The molecule has 0 aliphatic rings. The molecule has 0 bridgehead atoms. The number of thiazole rings is 1. The Morgan fingerprint density at radius 3 is 2.84 bits per heavy atom. The van der Waals surface area contributed by atoms with Gasteiger partial charge in [-0.05, 0) is 38.1 Å². The lowest BCUT2D eigenvalue weighted by Crippen LogP contribution is -2.15. The molecule has 102 valence electrons. The van der Waals surface area contributed by atoms with Gasteiger partial charge in [-0.25, -0.2) is 4.98 Å². The molecule has 2 rings (SSSR count). The van der Waals surface area contributed by atoms with Crippen LogP contribution in [0.1, 0.15) is 24.3 Å². The van der Waals surface area contributed by atoms with Crippen molar-refractivity contribution in [1.29, 1.82) is 0 Å². The summed E-state index contributed by atoms with van der Waals surface area (Å²) in [6.45, 7) is 9.22. The summed E-state index contributed by atoms with van der Waals surface area (Å²) in [6, 6.07) is 8.56. The molecule has 0 saturated carbocycles. The van der Waals surface area contributed by atoms with E-state index in [1.807, 2.05) is 6.20 Å². The van der Waals surface area contributed by atoms with Gasteiger partial charge in [-0.3, -0.25) is 0 Å². The van der Waals surface area contributed by atoms with Gasteiger partial charge in [-0.15, -0.1) is 11.3 Å². The van der Waals surface area contributed by atoms with E-state index in [1.54, 1.807) is 11.3 Å². The average Bonchev–Trinajstić information content (AvgIpc) is 2.86. The van der Waals surface area contributed by atoms with Gasteiger partial charge in [0.1, 0.15) is 0 Å². The summed E-state index contributed by atoms with van der Waals surface area (Å²) >= 11 is 1.76. The van der Waals surface area contributed by atoms with Crippen molar-refractivity contribution in [2.24, 2.45) is 0 Å². The van der Waals surface area contributed by atoms with Crippen LogP contribution in [0.5, 0.6) is 0 Å². The lowest BCUT2D eigenvalue weighted by atomic mass is 10.2. The molecule has 19 heavy (non-hydrogen) atoms. The van der Waals surface area contributed by atoms with Crippen molar-refractivity contribution in [3.05, 3.63) is 40.9 Å². The predicted molar refractivity (Wildman–Crippen MR) is 83.4 cm³/mol. The molecular formula is C15H21N3S. The molecule has 0 aliphatic carbocycles. The average molecular weight is 275 g/mol. The number of rotatable bonds is 6. The first-order valence-electron chi connectivity index (χ1n) is 6.74. The first kappa shape index (κ1) is 14.0. The number of nitrogens with one attached hydrogen (secondary N) is 1. The summed E-state index contributed by atoms with van der Waals surface area (Å²) in [7, 11) is 0. The van der Waals surface area contributed by atoms with E-state index in [2.05, 4.69) is 60.2 Å². The van der Waals surface area contributed by atoms with Gasteiger partial charge in [-0.1, -0.05) is 19.1 Å². The molecule has 0 atom stereocenters. The fourth-order valence-corrected chi connectivity index (χ4v) is 2.94. The molecule has 2 aromatic rings. The molecule has 1 heterocycles. The van der Waals surface area contributed by atoms with Crippen LogP contribution in [0.25, 0.3) is 0 Å². The highest BCUT2D eigenvalue weighted by atomic mass is 32.1. The molecule has 1 N–H and O–H groups in total. The number of aryl methyl sites for hydroxylation is 1. The number of hydrogen-bond donors (Lipinski definition) is 1. The molecule has 0 saturated heterocycles. The lowest BCUT2D eigenvalue weighted by molar-refractivity contribution is 0.734. The highest BCUT2D eigenvalue weighted by Gasteiger charge is 2.11. The second kappa shape index (κ2) is 6.68. The maximum absolute atomic E-state index is 4.55. The highest BCUT2D eigenvalue weighted by molar-refractivity contribution is 7.15. The van der Waals surface area contributed by atoms with Gasteiger partial charge in [0.15, 0.2) is 5.13 Å². The third-order valence-electron chi connectivity index (χ3n) is 2.95. The lowest BCUT2D eigenvalue weighted by Gasteiger charge is -2.20. The van der Waals surface area contributed by atoms with Crippen molar-refractivity contribution >= 4 is 22.2 Å². The molecule has 0 fully saturated rings. The van der Waals surface area contributed by atoms with E-state index in [-0.39, 0.29) is 0 Å². The quantitative estimate of drug-likeness (QED) is 0.871. The zero-order valence-corrected chi connectivity index (χ0v) is 12.6. The SMILES string of the molecule is CCNCc1cnc(N(CC)c2cccc(C)c2)s1. The normalized spacial score (nSPS) is 10.7. The second-order valence-electron chi connectivity index (χ2n) is 4.47. The van der Waals surface area contributed by atoms with E-state index in [0.29, 0.717) is 0 Å². The summed E-state index contributed by atoms with van der Waals surface area (Å²) in [4.78, 5) is 8.09. The molecule has 0 unspecified atom stereocenters. The maximum Gasteiger partial charge on any atom is 0.190 e. The Kier molecular flexibility index (Phi) is 4.93. The number of aromatic nitrogens is 1. The van der Waals surface area contributed by atoms with Crippen LogP contribution >= 0.6 is 11.3 Å². The van der Waals surface area contributed by atoms with Gasteiger partial charge in [-0.2, -0.15) is 0 Å². The molecule has 0 aliphatic heterocycles. The molecule has 0 radical (unpaired) electrons. The van der Waals surface area contributed by atoms with Crippen molar-refractivity contribution in [3.63, 3.8) is 0 Å². The minimum absolute atomic E-state index is 0.902. The summed E-state index contributed by atoms with van der Waals surface area (Å²) in [5, 5.41) is 4.41. The molecule has 1 aromatic heterocycles. The maximum atomic E-state index is 4.55. The van der Waals surface area contributed by atoms with E-state index in [9.17, 15) is 0 Å². The Morgan fingerprint density at radius 2 is 2.16 bits per heavy atom. The minimum Gasteiger partial charge on any atom is -0.318 e. The molecule has 0 spiro atoms. The predicted octanol–water partition coefficient (Wildman–Crippen LogP) is 3.72. The smallest absolute Gasteiger partial charge is 0.190 e. The first-order valence-corrected chi connectivity index (χ1v) is 7.55. The Bertz CT molecular complexity index is 522. The van der Waals surface area contributed by atoms with Crippen molar-refractivity contribution in [2.45, 2.75) is 27.3 Å². The summed E-state index contributed by atoms with van der Waals surface area (Å²) in [5.74, 6) is 0. The van der Waals surface area contributed by atoms with Gasteiger partial charge in [0.05, 0.1) is 0 Å². The van der Waals surface area contributed by atoms with E-state index in [1.165, 1.54) is 16.1 Å². The fourth-order valence-electron chi connectivity index (χ4n) is 1.98. The van der Waals surface area contributed by atoms with E-state index in [4.69, 9.17) is 0 Å². The van der Waals surface area contributed by atoms with Gasteiger partial charge in [0.2, 0.25) is 0 Å². The number of anilines is 2. The van der Waals surface area contributed by atoms with Crippen molar-refractivity contribution in [3.8, 4) is 0 Å². The van der Waals surface area contributed by atoms with Gasteiger partial charge in [0.25, 0.3) is 0 Å². The second-order valence-corrected chi connectivity index (χ2v) is 5.57. The van der Waals surface area contributed by atoms with Crippen LogP contribution in [0.3, 0.4) is 0 Å². The fraction of sp³-hybridized carbons (Fsp3) is 0.400. The standard InChI is InChI=1S/C15H21N3S/c1-4-16-10-14-11-17-15(19-14)18(5-2)13-8-6-7-12(3)9-13/h6-9,11,16H,4-5,10H2,1-3H3. The number of nitrogens with zero attached hydrogens (tertiary/aromatic N) is 2. The molecular weight excluding hydrogens is 254 g/mol. The summed E-state index contributed by atoms with van der Waals surface area (Å²) < 4.78 is 0. The Morgan fingerprint density at radius 1 is 1.32 bits per heavy atom. The first-order chi connectivity index (χ1) is 9.24. The minimum atomic E-state index is 0.902. The van der Waals surface area contributed by atoms with E-state index < -0.39 is 0 Å². The van der Waals surface area contributed by atoms with Crippen LogP contribution in [-0.4, -0.2) is 18.1 Å². The molecule has 0 amide bonds. The van der Waals surface area contributed by atoms with Crippen LogP contribution < -0.4 is 10.2 Å². The monoisotopic (exact) mass is 275 g/mol. The van der Waals surface area contributed by atoms with Crippen LogP contribution in [0.2, 0.25) is 0 Å². The van der Waals surface area contributed by atoms with Crippen LogP contribution in [0, 0.1) is 6.92 Å². The third kappa shape index (κ3) is 3.55. The Balaban J connectivity index is 2.19. The molecule has 1 aromatic carbocycles. The van der Waals surface area contributed by atoms with E-state index >= 15 is 0 Å². The summed E-state index contributed by atoms with van der Waals surface area (Å²) in [5.41, 5.74) is 2.49. The van der Waals surface area contributed by atoms with E-state index in [0.717, 1.165) is 24.8 Å². The van der Waals surface area contributed by atoms with Gasteiger partial charge in [0, 0.05) is 29.9 Å². The summed E-state index contributed by atoms with van der Waals surface area (Å²) in [6.07, 6.45) is 1.97. The Labute approximate surface area is 119 Å². The van der Waals surface area contributed by atoms with Gasteiger partial charge >= 0.3 is 0 Å². The number of benzene rings is 1. The van der Waals surface area contributed by atoms with Gasteiger partial charge < -0.3 is 10.2 Å². The zero-order chi connectivity index (χ0) is 13.7. The van der Waals surface area contributed by atoms with Crippen LogP contribution in [0.15, 0.2) is 30.5 Å².